The van der Waals surface area contributed by atoms with Crippen LogP contribution < -0.4 is 16.0 Å². The number of nitrogens with zero attached hydrogens (tertiary/aromatic N) is 1. The third-order valence-corrected chi connectivity index (χ3v) is 5.11. The van der Waals surface area contributed by atoms with Crippen molar-refractivity contribution in [1.82, 2.24) is 10.2 Å². The first kappa shape index (κ1) is 18.9. The molecule has 2 aliphatic rings. The van der Waals surface area contributed by atoms with Crippen molar-refractivity contribution in [2.45, 2.75) is 51.0 Å². The summed E-state index contributed by atoms with van der Waals surface area (Å²) in [5, 5.41) is 9.16. The van der Waals surface area contributed by atoms with Gasteiger partial charge in [0.25, 0.3) is 0 Å². The number of amides is 2. The van der Waals surface area contributed by atoms with Crippen molar-refractivity contribution in [2.24, 2.45) is 0 Å². The highest BCUT2D eigenvalue weighted by molar-refractivity contribution is 5.96. The Morgan fingerprint density at radius 1 is 1.00 bits per heavy atom. The van der Waals surface area contributed by atoms with Crippen LogP contribution in [-0.2, 0) is 9.59 Å². The molecule has 2 amide bonds. The van der Waals surface area contributed by atoms with E-state index in [1.807, 2.05) is 24.3 Å². The minimum atomic E-state index is -0.120. The van der Waals surface area contributed by atoms with Crippen molar-refractivity contribution in [3.63, 3.8) is 0 Å². The Morgan fingerprint density at radius 2 is 1.73 bits per heavy atom. The van der Waals surface area contributed by atoms with E-state index in [2.05, 4.69) is 20.9 Å². The molecular formula is C20H30N4O2. The zero-order valence-corrected chi connectivity index (χ0v) is 15.4. The van der Waals surface area contributed by atoms with Crippen LogP contribution in [0.25, 0.3) is 0 Å². The minimum Gasteiger partial charge on any atom is -0.325 e. The lowest BCUT2D eigenvalue weighted by atomic mass is 10.0. The fourth-order valence-corrected chi connectivity index (χ4v) is 3.68. The molecule has 3 N–H and O–H groups in total. The molecule has 2 fully saturated rings. The summed E-state index contributed by atoms with van der Waals surface area (Å²) in [4.78, 5) is 26.9. The van der Waals surface area contributed by atoms with Gasteiger partial charge >= 0.3 is 0 Å². The van der Waals surface area contributed by atoms with Crippen LogP contribution in [0, 0.1) is 0 Å². The van der Waals surface area contributed by atoms with E-state index in [1.165, 1.54) is 25.7 Å². The molecule has 0 aliphatic carbocycles. The molecule has 26 heavy (non-hydrogen) atoms. The van der Waals surface area contributed by atoms with Gasteiger partial charge in [-0.3, -0.25) is 14.5 Å². The highest BCUT2D eigenvalue weighted by Crippen LogP contribution is 2.17. The summed E-state index contributed by atoms with van der Waals surface area (Å²) in [7, 11) is 0. The van der Waals surface area contributed by atoms with Crippen LogP contribution in [0.2, 0.25) is 0 Å². The first-order valence-electron chi connectivity index (χ1n) is 9.87. The Morgan fingerprint density at radius 3 is 2.42 bits per heavy atom. The lowest BCUT2D eigenvalue weighted by molar-refractivity contribution is -0.119. The van der Waals surface area contributed by atoms with Crippen LogP contribution in [0.4, 0.5) is 11.4 Å². The van der Waals surface area contributed by atoms with E-state index >= 15 is 0 Å². The van der Waals surface area contributed by atoms with Gasteiger partial charge in [0.05, 0.1) is 12.6 Å². The molecule has 6 heteroatoms. The van der Waals surface area contributed by atoms with E-state index < -0.39 is 0 Å². The van der Waals surface area contributed by atoms with Crippen molar-refractivity contribution in [3.05, 3.63) is 24.3 Å². The van der Waals surface area contributed by atoms with E-state index in [9.17, 15) is 9.59 Å². The molecule has 142 valence electrons. The van der Waals surface area contributed by atoms with E-state index in [-0.39, 0.29) is 17.9 Å². The zero-order chi connectivity index (χ0) is 18.2. The molecule has 0 bridgehead atoms. The fourth-order valence-electron chi connectivity index (χ4n) is 3.68. The molecule has 2 aliphatic heterocycles. The number of benzene rings is 1. The third kappa shape index (κ3) is 5.81. The first-order chi connectivity index (χ1) is 12.7. The molecule has 3 rings (SSSR count). The van der Waals surface area contributed by atoms with Crippen molar-refractivity contribution in [1.29, 1.82) is 0 Å². The number of hydrogen-bond donors (Lipinski definition) is 3. The quantitative estimate of drug-likeness (QED) is 0.756. The predicted octanol–water partition coefficient (Wildman–Crippen LogP) is 2.58. The van der Waals surface area contributed by atoms with Gasteiger partial charge in [-0.05, 0) is 63.5 Å². The van der Waals surface area contributed by atoms with E-state index in [4.69, 9.17) is 0 Å². The smallest absolute Gasteiger partial charge is 0.241 e. The largest absolute Gasteiger partial charge is 0.325 e. The van der Waals surface area contributed by atoms with E-state index in [0.717, 1.165) is 50.3 Å². The minimum absolute atomic E-state index is 0.00209. The molecule has 2 heterocycles. The summed E-state index contributed by atoms with van der Waals surface area (Å²) in [5.74, 6) is 0.00191. The second kappa shape index (κ2) is 9.69. The number of carbonyl (C=O) groups is 2. The van der Waals surface area contributed by atoms with Crippen molar-refractivity contribution in [3.8, 4) is 0 Å². The number of likely N-dealkylation sites (tertiary alicyclic amines) is 1. The molecule has 0 saturated carbocycles. The van der Waals surface area contributed by atoms with Crippen LogP contribution >= 0.6 is 0 Å². The Bertz CT molecular complexity index is 606. The molecular weight excluding hydrogens is 328 g/mol. The topological polar surface area (TPSA) is 73.5 Å². The third-order valence-electron chi connectivity index (χ3n) is 5.11. The number of carbonyl (C=O) groups excluding carboxylic acids is 2. The average molecular weight is 358 g/mol. The molecule has 6 nitrogen and oxygen atoms in total. The predicted molar refractivity (Wildman–Crippen MR) is 104 cm³/mol. The second-order valence-electron chi connectivity index (χ2n) is 7.31. The fraction of sp³-hybridized carbons (Fsp3) is 0.600. The van der Waals surface area contributed by atoms with Gasteiger partial charge in [-0.25, -0.2) is 0 Å². The second-order valence-corrected chi connectivity index (χ2v) is 7.31. The summed E-state index contributed by atoms with van der Waals surface area (Å²) in [6.07, 6.45) is 7.94. The van der Waals surface area contributed by atoms with Gasteiger partial charge in [-0.15, -0.1) is 0 Å². The van der Waals surface area contributed by atoms with Gasteiger partial charge in [-0.1, -0.05) is 25.3 Å². The molecule has 0 aromatic heterocycles. The molecule has 0 radical (unpaired) electrons. The van der Waals surface area contributed by atoms with Crippen molar-refractivity contribution < 1.29 is 9.59 Å². The number of nitrogens with one attached hydrogen (secondary N) is 3. The zero-order valence-electron chi connectivity index (χ0n) is 15.4. The highest BCUT2D eigenvalue weighted by Gasteiger charge is 2.20. The molecule has 0 spiro atoms. The lowest BCUT2D eigenvalue weighted by Crippen LogP contribution is -2.43. The maximum absolute atomic E-state index is 12.3. The normalized spacial score (nSPS) is 21.6. The molecule has 1 atom stereocenters. The average Bonchev–Trinajstić information content (AvgIpc) is 2.91. The summed E-state index contributed by atoms with van der Waals surface area (Å²) in [6.45, 7) is 3.32. The summed E-state index contributed by atoms with van der Waals surface area (Å²) in [6, 6.07) is 7.26. The van der Waals surface area contributed by atoms with Crippen LogP contribution in [0.15, 0.2) is 24.3 Å². The number of rotatable bonds is 5. The van der Waals surface area contributed by atoms with Gasteiger partial charge in [-0.2, -0.15) is 0 Å². The van der Waals surface area contributed by atoms with Gasteiger partial charge in [0.1, 0.15) is 0 Å². The maximum atomic E-state index is 12.3. The number of anilines is 2. The Labute approximate surface area is 155 Å². The lowest BCUT2D eigenvalue weighted by Gasteiger charge is -2.22. The van der Waals surface area contributed by atoms with Crippen LogP contribution in [0.1, 0.15) is 44.9 Å². The highest BCUT2D eigenvalue weighted by atomic mass is 16.2. The Kier molecular flexibility index (Phi) is 7.03. The van der Waals surface area contributed by atoms with Gasteiger partial charge in [0.15, 0.2) is 0 Å². The van der Waals surface area contributed by atoms with E-state index in [1.54, 1.807) is 0 Å². The SMILES string of the molecule is O=C(CN1CCCCCC1)Nc1cccc(NC(=O)[C@H]2CCCCN2)c1. The first-order valence-corrected chi connectivity index (χ1v) is 9.87. The summed E-state index contributed by atoms with van der Waals surface area (Å²) in [5.41, 5.74) is 1.44. The molecule has 1 aromatic rings. The van der Waals surface area contributed by atoms with Gasteiger partial charge < -0.3 is 16.0 Å². The van der Waals surface area contributed by atoms with E-state index in [0.29, 0.717) is 6.54 Å². The molecule has 2 saturated heterocycles. The van der Waals surface area contributed by atoms with Crippen LogP contribution in [0.5, 0.6) is 0 Å². The standard InChI is InChI=1S/C20H30N4O2/c25-19(15-24-12-5-1-2-6-13-24)22-16-8-7-9-17(14-16)23-20(26)18-10-3-4-11-21-18/h7-9,14,18,21H,1-6,10-13,15H2,(H,22,25)(H,23,26)/t18-/m1/s1. The van der Waals surface area contributed by atoms with Crippen LogP contribution in [-0.4, -0.2) is 48.9 Å². The molecule has 0 unspecified atom stereocenters. The Balaban J connectivity index is 1.51. The Hall–Kier alpha value is -1.92. The monoisotopic (exact) mass is 358 g/mol. The van der Waals surface area contributed by atoms with Crippen LogP contribution in [0.3, 0.4) is 0 Å². The summed E-state index contributed by atoms with van der Waals surface area (Å²) < 4.78 is 0. The van der Waals surface area contributed by atoms with Crippen molar-refractivity contribution >= 4 is 23.2 Å². The summed E-state index contributed by atoms with van der Waals surface area (Å²) >= 11 is 0. The molecule has 1 aromatic carbocycles. The van der Waals surface area contributed by atoms with Crippen molar-refractivity contribution in [2.75, 3.05) is 36.8 Å². The van der Waals surface area contributed by atoms with Gasteiger partial charge in [0, 0.05) is 11.4 Å². The van der Waals surface area contributed by atoms with Gasteiger partial charge in [0.2, 0.25) is 11.8 Å². The number of hydrogen-bond acceptors (Lipinski definition) is 4. The number of piperidine rings is 1. The maximum Gasteiger partial charge on any atom is 0.241 e.